The molecule has 0 unspecified atom stereocenters. The van der Waals surface area contributed by atoms with E-state index >= 15 is 0 Å². The second-order valence-corrected chi connectivity index (χ2v) is 8.47. The Bertz CT molecular complexity index is 713. The molecule has 0 saturated carbocycles. The predicted octanol–water partition coefficient (Wildman–Crippen LogP) is 4.63. The Hall–Kier alpha value is -2.02. The predicted molar refractivity (Wildman–Crippen MR) is 96.2 cm³/mol. The normalized spacial score (nSPS) is 16.0. The van der Waals surface area contributed by atoms with E-state index in [-0.39, 0.29) is 16.6 Å². The number of likely N-dealkylation sites (tertiary alicyclic amines) is 1. The fourth-order valence-corrected chi connectivity index (χ4v) is 4.49. The zero-order valence-electron chi connectivity index (χ0n) is 14.4. The molecule has 25 heavy (non-hydrogen) atoms. The molecule has 0 atom stereocenters. The minimum atomic E-state index is -0.208. The van der Waals surface area contributed by atoms with Crippen molar-refractivity contribution >= 4 is 23.6 Å². The van der Waals surface area contributed by atoms with Gasteiger partial charge >= 0.3 is 6.03 Å². The molecule has 5 nitrogen and oxygen atoms in total. The van der Waals surface area contributed by atoms with Crippen LogP contribution in [0.2, 0.25) is 0 Å². The van der Waals surface area contributed by atoms with E-state index in [9.17, 15) is 9.18 Å². The average Bonchev–Trinajstić information content (AvgIpc) is 3.07. The van der Waals surface area contributed by atoms with Crippen LogP contribution in [0.25, 0.3) is 0 Å². The van der Waals surface area contributed by atoms with Crippen molar-refractivity contribution in [2.75, 3.05) is 18.4 Å². The van der Waals surface area contributed by atoms with Crippen molar-refractivity contribution in [3.8, 4) is 0 Å². The first kappa shape index (κ1) is 17.8. The van der Waals surface area contributed by atoms with Crippen molar-refractivity contribution in [2.45, 2.75) is 36.3 Å². The summed E-state index contributed by atoms with van der Waals surface area (Å²) in [7, 11) is 0. The number of hydrogen-bond donors (Lipinski definition) is 1. The van der Waals surface area contributed by atoms with Gasteiger partial charge < -0.3 is 9.42 Å². The van der Waals surface area contributed by atoms with Crippen LogP contribution in [-0.2, 0) is 0 Å². The Kier molecular flexibility index (Phi) is 5.32. The molecule has 7 heteroatoms. The lowest BCUT2D eigenvalue weighted by molar-refractivity contribution is 0.173. The maximum atomic E-state index is 13.4. The van der Waals surface area contributed by atoms with Crippen LogP contribution in [0.3, 0.4) is 0 Å². The van der Waals surface area contributed by atoms with Crippen molar-refractivity contribution in [1.82, 2.24) is 10.1 Å². The first-order chi connectivity index (χ1) is 11.9. The molecule has 0 bridgehead atoms. The van der Waals surface area contributed by atoms with Gasteiger partial charge in [0.05, 0.1) is 0 Å². The first-order valence-electron chi connectivity index (χ1n) is 8.35. The van der Waals surface area contributed by atoms with E-state index < -0.39 is 0 Å². The Balaban J connectivity index is 1.54. The Morgan fingerprint density at radius 1 is 1.36 bits per heavy atom. The van der Waals surface area contributed by atoms with Gasteiger partial charge in [-0.1, -0.05) is 25.1 Å². The molecular formula is C18H22FN3O2S. The highest BCUT2D eigenvalue weighted by Crippen LogP contribution is 2.42. The molecule has 3 rings (SSSR count). The molecule has 1 saturated heterocycles. The number of benzene rings is 1. The lowest BCUT2D eigenvalue weighted by atomic mass is 9.86. The quantitative estimate of drug-likeness (QED) is 0.805. The average molecular weight is 363 g/mol. The highest BCUT2D eigenvalue weighted by Gasteiger charge is 2.34. The van der Waals surface area contributed by atoms with Crippen molar-refractivity contribution in [3.63, 3.8) is 0 Å². The van der Waals surface area contributed by atoms with Crippen LogP contribution in [0.5, 0.6) is 0 Å². The lowest BCUT2D eigenvalue weighted by Gasteiger charge is -2.40. The summed E-state index contributed by atoms with van der Waals surface area (Å²) in [6, 6.07) is 8.18. The number of nitrogens with one attached hydrogen (secondary N) is 1. The summed E-state index contributed by atoms with van der Waals surface area (Å²) in [4.78, 5) is 15.0. The molecule has 1 N–H and O–H groups in total. The van der Waals surface area contributed by atoms with E-state index in [0.29, 0.717) is 24.8 Å². The van der Waals surface area contributed by atoms with Crippen molar-refractivity contribution < 1.29 is 13.7 Å². The monoisotopic (exact) mass is 363 g/mol. The molecule has 1 aromatic carbocycles. The summed E-state index contributed by atoms with van der Waals surface area (Å²) < 4.78 is 18.1. The molecule has 2 heterocycles. The zero-order chi connectivity index (χ0) is 17.9. The first-order valence-corrected chi connectivity index (χ1v) is 9.16. The van der Waals surface area contributed by atoms with E-state index in [2.05, 4.69) is 24.3 Å². The summed E-state index contributed by atoms with van der Waals surface area (Å²) in [6.45, 7) is 5.78. The maximum Gasteiger partial charge on any atom is 0.323 e. The molecule has 0 spiro atoms. The SMILES string of the molecule is CC(C)(Sc1cccc(F)c1)C1CCN(C(=O)Nc2ccon2)CC1. The van der Waals surface area contributed by atoms with Gasteiger partial charge in [-0.05, 0) is 37.0 Å². The lowest BCUT2D eigenvalue weighted by Crippen LogP contribution is -2.44. The number of piperidine rings is 1. The number of anilines is 1. The largest absolute Gasteiger partial charge is 0.363 e. The smallest absolute Gasteiger partial charge is 0.323 e. The molecule has 2 aromatic rings. The Labute approximate surface area is 150 Å². The van der Waals surface area contributed by atoms with Gasteiger partial charge in [0.25, 0.3) is 0 Å². The number of amides is 2. The highest BCUT2D eigenvalue weighted by atomic mass is 32.2. The molecule has 1 aliphatic heterocycles. The Morgan fingerprint density at radius 3 is 2.76 bits per heavy atom. The van der Waals surface area contributed by atoms with Crippen LogP contribution < -0.4 is 5.32 Å². The zero-order valence-corrected chi connectivity index (χ0v) is 15.2. The van der Waals surface area contributed by atoms with Gasteiger partial charge in [0.2, 0.25) is 0 Å². The molecule has 134 valence electrons. The molecule has 2 amide bonds. The van der Waals surface area contributed by atoms with Gasteiger partial charge in [-0.25, -0.2) is 9.18 Å². The van der Waals surface area contributed by atoms with Gasteiger partial charge in [-0.3, -0.25) is 5.32 Å². The molecule has 0 aliphatic carbocycles. The topological polar surface area (TPSA) is 58.4 Å². The summed E-state index contributed by atoms with van der Waals surface area (Å²) in [5.74, 6) is 0.672. The van der Waals surface area contributed by atoms with Gasteiger partial charge in [-0.15, -0.1) is 11.8 Å². The molecule has 1 aromatic heterocycles. The van der Waals surface area contributed by atoms with E-state index in [1.165, 1.54) is 12.3 Å². The van der Waals surface area contributed by atoms with Crippen molar-refractivity contribution in [2.24, 2.45) is 5.92 Å². The fraction of sp³-hybridized carbons (Fsp3) is 0.444. The summed E-state index contributed by atoms with van der Waals surface area (Å²) >= 11 is 1.70. The van der Waals surface area contributed by atoms with Crippen molar-refractivity contribution in [1.29, 1.82) is 0 Å². The number of rotatable bonds is 4. The van der Waals surface area contributed by atoms with Crippen LogP contribution in [0.4, 0.5) is 15.0 Å². The number of aromatic nitrogens is 1. The number of urea groups is 1. The van der Waals surface area contributed by atoms with Gasteiger partial charge in [-0.2, -0.15) is 0 Å². The van der Waals surface area contributed by atoms with E-state index in [1.807, 2.05) is 6.07 Å². The Morgan fingerprint density at radius 2 is 2.12 bits per heavy atom. The number of carbonyl (C=O) groups is 1. The number of halogens is 1. The van der Waals surface area contributed by atoms with Crippen LogP contribution in [0.1, 0.15) is 26.7 Å². The van der Waals surface area contributed by atoms with Crippen LogP contribution in [0, 0.1) is 11.7 Å². The number of hydrogen-bond acceptors (Lipinski definition) is 4. The second kappa shape index (κ2) is 7.47. The fourth-order valence-electron chi connectivity index (χ4n) is 3.16. The second-order valence-electron chi connectivity index (χ2n) is 6.74. The van der Waals surface area contributed by atoms with Gasteiger partial charge in [0, 0.05) is 28.8 Å². The minimum absolute atomic E-state index is 0.0253. The summed E-state index contributed by atoms with van der Waals surface area (Å²) in [6.07, 6.45) is 3.26. The number of thioether (sulfide) groups is 1. The van der Waals surface area contributed by atoms with E-state index in [4.69, 9.17) is 4.52 Å². The van der Waals surface area contributed by atoms with Crippen LogP contribution >= 0.6 is 11.8 Å². The molecule has 0 radical (unpaired) electrons. The summed E-state index contributed by atoms with van der Waals surface area (Å²) in [5, 5.41) is 6.42. The minimum Gasteiger partial charge on any atom is -0.363 e. The third kappa shape index (κ3) is 4.54. The van der Waals surface area contributed by atoms with Gasteiger partial charge in [0.1, 0.15) is 12.1 Å². The third-order valence-corrected chi connectivity index (χ3v) is 5.96. The van der Waals surface area contributed by atoms with Gasteiger partial charge in [0.15, 0.2) is 5.82 Å². The van der Waals surface area contributed by atoms with E-state index in [1.54, 1.807) is 34.9 Å². The van der Waals surface area contributed by atoms with E-state index in [0.717, 1.165) is 17.7 Å². The van der Waals surface area contributed by atoms with Crippen molar-refractivity contribution in [3.05, 3.63) is 42.4 Å². The molecule has 1 aliphatic rings. The maximum absolute atomic E-state index is 13.4. The number of nitrogens with zero attached hydrogens (tertiary/aromatic N) is 2. The van der Waals surface area contributed by atoms with Crippen LogP contribution in [-0.4, -0.2) is 33.9 Å². The molecule has 1 fully saturated rings. The summed E-state index contributed by atoms with van der Waals surface area (Å²) in [5.41, 5.74) is 0. The third-order valence-electron chi connectivity index (χ3n) is 4.62. The van der Waals surface area contributed by atoms with Crippen LogP contribution in [0.15, 0.2) is 46.0 Å². The standard InChI is InChI=1S/C18H22FN3O2S/c1-18(2,25-15-5-3-4-14(19)12-15)13-6-9-22(10-7-13)17(23)20-16-8-11-24-21-16/h3-5,8,11-13H,6-7,9-10H2,1-2H3,(H,20,21,23). The highest BCUT2D eigenvalue weighted by molar-refractivity contribution is 8.00. The molecular weight excluding hydrogens is 341 g/mol. The number of carbonyl (C=O) groups excluding carboxylic acids is 1.